The first-order valence-corrected chi connectivity index (χ1v) is 14.0. The van der Waals surface area contributed by atoms with E-state index in [0.29, 0.717) is 26.3 Å². The molecule has 0 N–H and O–H groups in total. The molecule has 0 aliphatic heterocycles. The molecular weight excluding hydrogens is 414 g/mol. The van der Waals surface area contributed by atoms with Gasteiger partial charge in [0, 0.05) is 0 Å². The average Bonchev–Trinajstić information content (AvgIpc) is 3.09. The first-order chi connectivity index (χ1) is 9.92. The fourth-order valence-electron chi connectivity index (χ4n) is 2.13. The Balaban J connectivity index is 1.64. The van der Waals surface area contributed by atoms with Gasteiger partial charge in [0.2, 0.25) is 0 Å². The average molecular weight is 424 g/mol. The zero-order valence-electron chi connectivity index (χ0n) is 10.4. The summed E-state index contributed by atoms with van der Waals surface area (Å²) >= 11 is 4.93. The molecule has 0 bridgehead atoms. The molecule has 2 heterocycles. The van der Waals surface area contributed by atoms with Gasteiger partial charge < -0.3 is 0 Å². The quantitative estimate of drug-likeness (QED) is 0.443. The zero-order chi connectivity index (χ0) is 13.4. The summed E-state index contributed by atoms with van der Waals surface area (Å²) in [5.74, 6) is 0. The third-order valence-corrected chi connectivity index (χ3v) is 12.9. The maximum absolute atomic E-state index is 2.36. The van der Waals surface area contributed by atoms with Crippen molar-refractivity contribution in [1.29, 1.82) is 0 Å². The molecule has 0 unspecified atom stereocenters. The molecule has 0 fully saturated rings. The number of hydrogen-bond acceptors (Lipinski definition) is 2. The monoisotopic (exact) mass is 426 g/mol. The van der Waals surface area contributed by atoms with Crippen LogP contribution in [-0.2, 0) is 0 Å². The second-order valence-corrected chi connectivity index (χ2v) is 12.4. The Morgan fingerprint density at radius 2 is 1.05 bits per heavy atom. The van der Waals surface area contributed by atoms with Gasteiger partial charge in [-0.3, -0.25) is 0 Å². The molecule has 2 aromatic carbocycles. The van der Waals surface area contributed by atoms with Gasteiger partial charge in [0.25, 0.3) is 0 Å². The SMILES string of the molecule is c1ccc2c([Se][Se]c3csc4ccccc34)csc2c1. The third kappa shape index (κ3) is 2.37. The van der Waals surface area contributed by atoms with Gasteiger partial charge in [-0.15, -0.1) is 0 Å². The summed E-state index contributed by atoms with van der Waals surface area (Å²) < 4.78 is 6.01. The van der Waals surface area contributed by atoms with Crippen molar-refractivity contribution in [2.75, 3.05) is 0 Å². The predicted molar refractivity (Wildman–Crippen MR) is 94.4 cm³/mol. The number of thiophene rings is 2. The second-order valence-electron chi connectivity index (χ2n) is 4.36. The van der Waals surface area contributed by atoms with E-state index in [0.717, 1.165) is 0 Å². The summed E-state index contributed by atoms with van der Waals surface area (Å²) in [5.41, 5.74) is 0. The fourth-order valence-corrected chi connectivity index (χ4v) is 13.2. The van der Waals surface area contributed by atoms with Crippen LogP contribution in [0.3, 0.4) is 0 Å². The Morgan fingerprint density at radius 1 is 0.600 bits per heavy atom. The van der Waals surface area contributed by atoms with Crippen molar-refractivity contribution < 1.29 is 0 Å². The Hall–Kier alpha value is -0.601. The van der Waals surface area contributed by atoms with Crippen molar-refractivity contribution in [2.24, 2.45) is 0 Å². The summed E-state index contributed by atoms with van der Waals surface area (Å²) in [6, 6.07) is 17.6. The molecule has 0 aliphatic rings. The summed E-state index contributed by atoms with van der Waals surface area (Å²) in [6.07, 6.45) is 0. The summed E-state index contributed by atoms with van der Waals surface area (Å²) in [4.78, 5) is 0. The summed E-state index contributed by atoms with van der Waals surface area (Å²) in [7, 11) is 0. The Morgan fingerprint density at radius 3 is 1.55 bits per heavy atom. The standard InChI is InChI=1S/C16H10S2Se2/c1-3-7-13-11(5-1)15(9-17-13)19-20-16-10-18-14-8-4-2-6-12(14)16/h1-10H. The van der Waals surface area contributed by atoms with Gasteiger partial charge in [-0.25, -0.2) is 0 Å². The van der Waals surface area contributed by atoms with E-state index < -0.39 is 0 Å². The molecule has 0 nitrogen and oxygen atoms in total. The summed E-state index contributed by atoms with van der Waals surface area (Å²) in [6.45, 7) is 0. The molecule has 0 amide bonds. The Labute approximate surface area is 136 Å². The molecular formula is C16H10S2Se2. The van der Waals surface area contributed by atoms with E-state index in [2.05, 4.69) is 59.3 Å². The molecule has 4 rings (SSSR count). The minimum absolute atomic E-state index is 0.580. The second kappa shape index (κ2) is 5.65. The van der Waals surface area contributed by atoms with Crippen LogP contribution < -0.4 is 8.92 Å². The van der Waals surface area contributed by atoms with Crippen molar-refractivity contribution in [2.45, 2.75) is 0 Å². The Kier molecular flexibility index (Phi) is 3.70. The van der Waals surface area contributed by atoms with Gasteiger partial charge in [0.15, 0.2) is 0 Å². The third-order valence-electron chi connectivity index (χ3n) is 3.11. The molecule has 98 valence electrons. The molecule has 4 heteroatoms. The predicted octanol–water partition coefficient (Wildman–Crippen LogP) is 3.39. The number of fused-ring (bicyclic) bond motifs is 2. The van der Waals surface area contributed by atoms with Crippen molar-refractivity contribution in [3.05, 3.63) is 59.3 Å². The van der Waals surface area contributed by atoms with E-state index in [1.165, 1.54) is 20.2 Å². The zero-order valence-corrected chi connectivity index (χ0v) is 15.5. The van der Waals surface area contributed by atoms with Crippen LogP contribution in [0.1, 0.15) is 0 Å². The number of benzene rings is 2. The topological polar surface area (TPSA) is 0 Å². The van der Waals surface area contributed by atoms with Crippen LogP contribution in [0.4, 0.5) is 0 Å². The van der Waals surface area contributed by atoms with E-state index in [9.17, 15) is 0 Å². The number of hydrogen-bond donors (Lipinski definition) is 0. The number of rotatable bonds is 3. The van der Waals surface area contributed by atoms with Crippen LogP contribution >= 0.6 is 22.7 Å². The van der Waals surface area contributed by atoms with Crippen LogP contribution in [0.5, 0.6) is 0 Å². The van der Waals surface area contributed by atoms with Gasteiger partial charge in [-0.2, -0.15) is 0 Å². The van der Waals surface area contributed by atoms with Crippen LogP contribution in [0.15, 0.2) is 59.3 Å². The van der Waals surface area contributed by atoms with Crippen molar-refractivity contribution in [3.63, 3.8) is 0 Å². The first kappa shape index (κ1) is 13.1. The van der Waals surface area contributed by atoms with E-state index in [1.807, 2.05) is 22.7 Å². The van der Waals surface area contributed by atoms with Gasteiger partial charge in [0.05, 0.1) is 0 Å². The first-order valence-electron chi connectivity index (χ1n) is 6.19. The van der Waals surface area contributed by atoms with Crippen LogP contribution in [0.2, 0.25) is 0 Å². The molecule has 0 saturated heterocycles. The molecule has 0 aliphatic carbocycles. The van der Waals surface area contributed by atoms with Gasteiger partial charge in [0.1, 0.15) is 0 Å². The van der Waals surface area contributed by atoms with E-state index in [-0.39, 0.29) is 0 Å². The molecule has 0 saturated carbocycles. The fraction of sp³-hybridized carbons (Fsp3) is 0. The van der Waals surface area contributed by atoms with E-state index >= 15 is 0 Å². The Bertz CT molecular complexity index is 802. The van der Waals surface area contributed by atoms with E-state index in [1.54, 1.807) is 8.92 Å². The normalized spacial score (nSPS) is 11.4. The van der Waals surface area contributed by atoms with Crippen molar-refractivity contribution in [3.8, 4) is 0 Å². The van der Waals surface area contributed by atoms with Gasteiger partial charge in [-0.1, -0.05) is 0 Å². The van der Waals surface area contributed by atoms with Crippen LogP contribution in [0.25, 0.3) is 20.2 Å². The van der Waals surface area contributed by atoms with Crippen molar-refractivity contribution >= 4 is 78.0 Å². The van der Waals surface area contributed by atoms with Crippen molar-refractivity contribution in [1.82, 2.24) is 0 Å². The summed E-state index contributed by atoms with van der Waals surface area (Å²) in [5, 5.41) is 7.67. The molecule has 0 atom stereocenters. The molecule has 20 heavy (non-hydrogen) atoms. The molecule has 0 spiro atoms. The minimum atomic E-state index is 0.580. The van der Waals surface area contributed by atoms with Gasteiger partial charge >= 0.3 is 137 Å². The van der Waals surface area contributed by atoms with Gasteiger partial charge in [-0.05, 0) is 0 Å². The van der Waals surface area contributed by atoms with E-state index in [4.69, 9.17) is 0 Å². The van der Waals surface area contributed by atoms with Crippen LogP contribution in [-0.4, -0.2) is 26.3 Å². The van der Waals surface area contributed by atoms with Crippen LogP contribution in [0, 0.1) is 0 Å². The molecule has 2 aromatic heterocycles. The molecule has 4 aromatic rings. The molecule has 0 radical (unpaired) electrons. The maximum atomic E-state index is 2.36.